The Morgan fingerprint density at radius 2 is 1.59 bits per heavy atom. The molecule has 1 N–H and O–H groups in total. The maximum Gasteiger partial charge on any atom is 0.337 e. The molecule has 0 atom stereocenters. The van der Waals surface area contributed by atoms with Crippen molar-refractivity contribution in [3.05, 3.63) is 53.6 Å². The van der Waals surface area contributed by atoms with E-state index in [1.54, 1.807) is 24.3 Å². The molecule has 2 rings (SSSR count). The Labute approximate surface area is 159 Å². The second-order valence-corrected chi connectivity index (χ2v) is 5.76. The number of ether oxygens (including phenoxy) is 3. The van der Waals surface area contributed by atoms with Crippen molar-refractivity contribution in [3.8, 4) is 11.5 Å². The van der Waals surface area contributed by atoms with Gasteiger partial charge in [0.05, 0.1) is 25.9 Å². The Kier molecular flexibility index (Phi) is 7.67. The van der Waals surface area contributed by atoms with E-state index in [4.69, 9.17) is 9.47 Å². The number of aryl methyl sites for hydroxylation is 1. The number of carbonyl (C=O) groups is 2. The molecule has 2 aromatic carbocycles. The first kappa shape index (κ1) is 20.3. The van der Waals surface area contributed by atoms with Gasteiger partial charge in [-0.05, 0) is 62.2 Å². The van der Waals surface area contributed by atoms with E-state index >= 15 is 0 Å². The minimum atomic E-state index is -0.409. The number of nitrogens with one attached hydrogen (secondary N) is 1. The van der Waals surface area contributed by atoms with E-state index in [9.17, 15) is 9.59 Å². The highest BCUT2D eigenvalue weighted by Crippen LogP contribution is 2.29. The van der Waals surface area contributed by atoms with Gasteiger partial charge >= 0.3 is 5.97 Å². The third-order valence-electron chi connectivity index (χ3n) is 3.84. The number of hydrogen-bond donors (Lipinski definition) is 1. The first-order valence-corrected chi connectivity index (χ1v) is 8.94. The lowest BCUT2D eigenvalue weighted by Gasteiger charge is -2.12. The van der Waals surface area contributed by atoms with Gasteiger partial charge in [0.1, 0.15) is 0 Å². The molecule has 0 saturated heterocycles. The lowest BCUT2D eigenvalue weighted by molar-refractivity contribution is -0.116. The average Bonchev–Trinajstić information content (AvgIpc) is 2.68. The molecule has 1 amide bonds. The van der Waals surface area contributed by atoms with Crippen molar-refractivity contribution in [2.45, 2.75) is 26.7 Å². The molecule has 0 spiro atoms. The van der Waals surface area contributed by atoms with Crippen molar-refractivity contribution in [2.24, 2.45) is 0 Å². The first-order chi connectivity index (χ1) is 13.1. The first-order valence-electron chi connectivity index (χ1n) is 8.94. The lowest BCUT2D eigenvalue weighted by Crippen LogP contribution is -2.12. The molecule has 0 aromatic heterocycles. The summed E-state index contributed by atoms with van der Waals surface area (Å²) in [5.41, 5.74) is 2.07. The summed E-state index contributed by atoms with van der Waals surface area (Å²) < 4.78 is 15.8. The maximum atomic E-state index is 12.2. The van der Waals surface area contributed by atoms with Crippen LogP contribution in [0.25, 0.3) is 0 Å². The van der Waals surface area contributed by atoms with Crippen molar-refractivity contribution >= 4 is 17.6 Å². The molecule has 0 heterocycles. The van der Waals surface area contributed by atoms with Crippen LogP contribution in [0.2, 0.25) is 0 Å². The van der Waals surface area contributed by atoms with Crippen LogP contribution >= 0.6 is 0 Å². The molecule has 0 aliphatic carbocycles. The lowest BCUT2D eigenvalue weighted by atomic mass is 10.1. The zero-order valence-corrected chi connectivity index (χ0v) is 15.9. The van der Waals surface area contributed by atoms with Gasteiger partial charge in [0.2, 0.25) is 5.91 Å². The third-order valence-corrected chi connectivity index (χ3v) is 3.84. The Morgan fingerprint density at radius 3 is 2.22 bits per heavy atom. The highest BCUT2D eigenvalue weighted by molar-refractivity contribution is 5.93. The summed E-state index contributed by atoms with van der Waals surface area (Å²) in [7, 11) is 1.33. The van der Waals surface area contributed by atoms with Gasteiger partial charge in [-0.3, -0.25) is 4.79 Å². The third kappa shape index (κ3) is 6.02. The number of benzene rings is 2. The second-order valence-electron chi connectivity index (χ2n) is 5.76. The molecule has 27 heavy (non-hydrogen) atoms. The molecule has 6 nitrogen and oxygen atoms in total. The average molecular weight is 371 g/mol. The van der Waals surface area contributed by atoms with Crippen LogP contribution in [-0.4, -0.2) is 32.2 Å². The number of carbonyl (C=O) groups excluding carboxylic acids is 2. The Balaban J connectivity index is 1.93. The topological polar surface area (TPSA) is 73.9 Å². The van der Waals surface area contributed by atoms with Crippen LogP contribution in [0, 0.1) is 0 Å². The molecule has 0 bridgehead atoms. The van der Waals surface area contributed by atoms with E-state index in [-0.39, 0.29) is 5.91 Å². The van der Waals surface area contributed by atoms with Crippen LogP contribution in [0.3, 0.4) is 0 Å². The van der Waals surface area contributed by atoms with E-state index in [1.807, 2.05) is 32.0 Å². The van der Waals surface area contributed by atoms with Gasteiger partial charge in [-0.1, -0.05) is 6.07 Å². The number of methoxy groups -OCH3 is 1. The molecule has 0 aliphatic heterocycles. The van der Waals surface area contributed by atoms with E-state index in [0.717, 1.165) is 5.56 Å². The monoisotopic (exact) mass is 371 g/mol. The van der Waals surface area contributed by atoms with Gasteiger partial charge in [0, 0.05) is 12.1 Å². The smallest absolute Gasteiger partial charge is 0.337 e. The van der Waals surface area contributed by atoms with Crippen LogP contribution in [0.5, 0.6) is 11.5 Å². The van der Waals surface area contributed by atoms with Gasteiger partial charge in [-0.25, -0.2) is 4.79 Å². The van der Waals surface area contributed by atoms with E-state index < -0.39 is 5.97 Å². The number of esters is 1. The largest absolute Gasteiger partial charge is 0.490 e. The molecule has 6 heteroatoms. The van der Waals surface area contributed by atoms with Crippen molar-refractivity contribution in [1.29, 1.82) is 0 Å². The molecule has 144 valence electrons. The standard InChI is InChI=1S/C21H25NO5/c1-4-26-18-12-6-15(14-19(18)27-5-2)7-13-20(23)22-17-10-8-16(9-11-17)21(24)25-3/h6,8-12,14H,4-5,7,13H2,1-3H3,(H,22,23). The van der Waals surface area contributed by atoms with E-state index in [1.165, 1.54) is 7.11 Å². The summed E-state index contributed by atoms with van der Waals surface area (Å²) in [6.07, 6.45) is 0.914. The van der Waals surface area contributed by atoms with Crippen molar-refractivity contribution in [3.63, 3.8) is 0 Å². The van der Waals surface area contributed by atoms with Crippen LogP contribution in [0.4, 0.5) is 5.69 Å². The molecule has 0 saturated carbocycles. The Morgan fingerprint density at radius 1 is 0.926 bits per heavy atom. The van der Waals surface area contributed by atoms with Gasteiger partial charge in [-0.15, -0.1) is 0 Å². The summed E-state index contributed by atoms with van der Waals surface area (Å²) in [5.74, 6) is 0.884. The fraction of sp³-hybridized carbons (Fsp3) is 0.333. The summed E-state index contributed by atoms with van der Waals surface area (Å²) in [5, 5.41) is 2.82. The minimum Gasteiger partial charge on any atom is -0.490 e. The molecular weight excluding hydrogens is 346 g/mol. The normalized spacial score (nSPS) is 10.2. The van der Waals surface area contributed by atoms with Crippen LogP contribution in [0.15, 0.2) is 42.5 Å². The second kappa shape index (κ2) is 10.2. The van der Waals surface area contributed by atoms with Crippen LogP contribution in [-0.2, 0) is 16.0 Å². The van der Waals surface area contributed by atoms with Crippen LogP contribution in [0.1, 0.15) is 36.2 Å². The Hall–Kier alpha value is -3.02. The van der Waals surface area contributed by atoms with Gasteiger partial charge in [0.25, 0.3) is 0 Å². The van der Waals surface area contributed by atoms with Crippen LogP contribution < -0.4 is 14.8 Å². The molecule has 0 radical (unpaired) electrons. The quantitative estimate of drug-likeness (QED) is 0.678. The fourth-order valence-electron chi connectivity index (χ4n) is 2.54. The maximum absolute atomic E-state index is 12.2. The van der Waals surface area contributed by atoms with Crippen molar-refractivity contribution in [1.82, 2.24) is 0 Å². The van der Waals surface area contributed by atoms with Gasteiger partial charge < -0.3 is 19.5 Å². The molecular formula is C21H25NO5. The van der Waals surface area contributed by atoms with Gasteiger partial charge in [0.15, 0.2) is 11.5 Å². The van der Waals surface area contributed by atoms with Crippen molar-refractivity contribution in [2.75, 3.05) is 25.6 Å². The number of anilines is 1. The fourth-order valence-corrected chi connectivity index (χ4v) is 2.54. The summed E-state index contributed by atoms with van der Waals surface area (Å²) in [6, 6.07) is 12.3. The molecule has 2 aromatic rings. The van der Waals surface area contributed by atoms with E-state index in [0.29, 0.717) is 48.8 Å². The molecule has 0 aliphatic rings. The highest BCUT2D eigenvalue weighted by Gasteiger charge is 2.09. The zero-order valence-electron chi connectivity index (χ0n) is 15.9. The number of hydrogen-bond acceptors (Lipinski definition) is 5. The molecule has 0 unspecified atom stereocenters. The highest BCUT2D eigenvalue weighted by atomic mass is 16.5. The molecule has 0 fully saturated rings. The number of amides is 1. The summed E-state index contributed by atoms with van der Waals surface area (Å²) in [6.45, 7) is 4.95. The van der Waals surface area contributed by atoms with E-state index in [2.05, 4.69) is 10.1 Å². The summed E-state index contributed by atoms with van der Waals surface area (Å²) in [4.78, 5) is 23.6. The number of rotatable bonds is 9. The van der Waals surface area contributed by atoms with Gasteiger partial charge in [-0.2, -0.15) is 0 Å². The predicted octanol–water partition coefficient (Wildman–Crippen LogP) is 3.84. The Bertz CT molecular complexity index is 771. The summed E-state index contributed by atoms with van der Waals surface area (Å²) >= 11 is 0. The SMILES string of the molecule is CCOc1ccc(CCC(=O)Nc2ccc(C(=O)OC)cc2)cc1OCC. The minimum absolute atomic E-state index is 0.104. The predicted molar refractivity (Wildman–Crippen MR) is 104 cm³/mol. The van der Waals surface area contributed by atoms with Crippen molar-refractivity contribution < 1.29 is 23.8 Å². The zero-order chi connectivity index (χ0) is 19.6.